The normalized spacial score (nSPS) is 21.3. The molecule has 0 radical (unpaired) electrons. The highest BCUT2D eigenvalue weighted by atomic mass is 79.9. The smallest absolute Gasteiger partial charge is 0.157 e. The lowest BCUT2D eigenvalue weighted by atomic mass is 9.80. The molecule has 1 atom stereocenters. The van der Waals surface area contributed by atoms with E-state index >= 15 is 0 Å². The van der Waals surface area contributed by atoms with E-state index in [1.54, 1.807) is 26.0 Å². The van der Waals surface area contributed by atoms with Crippen molar-refractivity contribution in [3.8, 4) is 0 Å². The third-order valence-electron chi connectivity index (χ3n) is 4.71. The lowest BCUT2D eigenvalue weighted by Crippen LogP contribution is -2.29. The molecular weight excluding hydrogens is 538 g/mol. The van der Waals surface area contributed by atoms with Gasteiger partial charge in [-0.15, -0.1) is 0 Å². The molecule has 164 valence electrons. The summed E-state index contributed by atoms with van der Waals surface area (Å²) in [6.07, 6.45) is -4.91. The van der Waals surface area contributed by atoms with Crippen LogP contribution in [0.3, 0.4) is 0 Å². The number of rotatable bonds is 1. The molecule has 2 rings (SSSR count). The molecule has 0 aromatic carbocycles. The summed E-state index contributed by atoms with van der Waals surface area (Å²) in [4.78, 5) is -0.599. The van der Waals surface area contributed by atoms with Crippen LogP contribution in [0.2, 0.25) is 0 Å². The van der Waals surface area contributed by atoms with Gasteiger partial charge in [-0.05, 0) is 46.8 Å². The topological polar surface area (TPSA) is 0 Å². The fourth-order valence-electron chi connectivity index (χ4n) is 2.94. The van der Waals surface area contributed by atoms with Crippen LogP contribution in [-0.4, -0.2) is 17.2 Å². The number of allylic oxidation sites excluding steroid dienone is 9. The van der Waals surface area contributed by atoms with Gasteiger partial charge < -0.3 is 0 Å². The Morgan fingerprint density at radius 3 is 2.00 bits per heavy atom. The van der Waals surface area contributed by atoms with Crippen molar-refractivity contribution in [1.82, 2.24) is 0 Å². The number of hydrogen-bond donors (Lipinski definition) is 0. The Morgan fingerprint density at radius 2 is 1.60 bits per heavy atom. The summed E-state index contributed by atoms with van der Waals surface area (Å²) in [6.45, 7) is 8.97. The van der Waals surface area contributed by atoms with Crippen LogP contribution >= 0.6 is 31.9 Å². The van der Waals surface area contributed by atoms with Crippen LogP contribution in [0.25, 0.3) is 0 Å². The largest absolute Gasteiger partial charge is 0.456 e. The summed E-state index contributed by atoms with van der Waals surface area (Å²) in [6, 6.07) is 0. The minimum atomic E-state index is -4.97. The Hall–Kier alpha value is -1.11. The van der Waals surface area contributed by atoms with Crippen molar-refractivity contribution in [2.75, 3.05) is 0 Å². The Kier molecular flexibility index (Phi) is 7.07. The van der Waals surface area contributed by atoms with E-state index in [1.165, 1.54) is 0 Å². The molecule has 0 saturated carbocycles. The molecule has 0 aromatic rings. The average Bonchev–Trinajstić information content (AvgIpc) is 2.54. The third kappa shape index (κ3) is 5.57. The quantitative estimate of drug-likeness (QED) is 0.131. The number of hydrogen-bond acceptors (Lipinski definition) is 0. The molecule has 0 fully saturated rings. The van der Waals surface area contributed by atoms with Gasteiger partial charge in [0.2, 0.25) is 0 Å². The van der Waals surface area contributed by atoms with Gasteiger partial charge in [0.15, 0.2) is 17.1 Å². The SMILES string of the molecule is CC(C)C1=C[C+](C(F)(F)F)C(=C=C2C(Br)=CC(C(C)(C)C)=CC2Br)C(C(F)(F)F)=C1. The zero-order valence-electron chi connectivity index (χ0n) is 17.0. The van der Waals surface area contributed by atoms with Crippen molar-refractivity contribution in [2.45, 2.75) is 51.8 Å². The molecule has 0 aromatic heterocycles. The van der Waals surface area contributed by atoms with Gasteiger partial charge in [-0.2, -0.15) is 26.3 Å². The van der Waals surface area contributed by atoms with Gasteiger partial charge >= 0.3 is 12.4 Å². The zero-order chi connectivity index (χ0) is 23.2. The first-order chi connectivity index (χ1) is 13.4. The summed E-state index contributed by atoms with van der Waals surface area (Å²) in [7, 11) is 0. The highest BCUT2D eigenvalue weighted by Gasteiger charge is 2.56. The standard InChI is InChI=1S/C22H21Br2F6/c1-11(2)12-6-16(21(25,26)27)14(17(7-12)22(28,29)30)10-15-18(23)8-13(9-19(15)24)20(3,4)5/h6-9,11,18H,1-5H3/q+1. The minimum Gasteiger partial charge on any atom is -0.157 e. The first kappa shape index (κ1) is 25.2. The summed E-state index contributed by atoms with van der Waals surface area (Å²) in [5.41, 5.74) is 0.864. The van der Waals surface area contributed by atoms with E-state index in [1.807, 2.05) is 20.8 Å². The van der Waals surface area contributed by atoms with Crippen molar-refractivity contribution in [2.24, 2.45) is 11.3 Å². The molecular formula is C22H21Br2F6+. The first-order valence-electron chi connectivity index (χ1n) is 9.13. The maximum Gasteiger partial charge on any atom is 0.456 e. The van der Waals surface area contributed by atoms with Crippen LogP contribution in [0.1, 0.15) is 34.6 Å². The molecule has 0 heterocycles. The highest BCUT2D eigenvalue weighted by molar-refractivity contribution is 9.12. The molecule has 0 bridgehead atoms. The second-order valence-corrected chi connectivity index (χ2v) is 10.3. The van der Waals surface area contributed by atoms with E-state index in [9.17, 15) is 26.3 Å². The van der Waals surface area contributed by atoms with Gasteiger partial charge in [-0.25, -0.2) is 0 Å². The van der Waals surface area contributed by atoms with Gasteiger partial charge in [0.05, 0.1) is 10.4 Å². The monoisotopic (exact) mass is 557 g/mol. The van der Waals surface area contributed by atoms with E-state index in [0.29, 0.717) is 4.48 Å². The van der Waals surface area contributed by atoms with Crippen LogP contribution in [0.4, 0.5) is 26.3 Å². The Balaban J connectivity index is 2.81. The van der Waals surface area contributed by atoms with E-state index in [2.05, 4.69) is 37.6 Å². The Bertz CT molecular complexity index is 895. The lowest BCUT2D eigenvalue weighted by Gasteiger charge is -2.26. The highest BCUT2D eigenvalue weighted by Crippen LogP contribution is 2.48. The maximum atomic E-state index is 13.8. The summed E-state index contributed by atoms with van der Waals surface area (Å²) < 4.78 is 82.9. The van der Waals surface area contributed by atoms with Gasteiger partial charge in [-0.3, -0.25) is 0 Å². The van der Waals surface area contributed by atoms with E-state index < -0.39 is 40.2 Å². The van der Waals surface area contributed by atoms with Gasteiger partial charge in [0.25, 0.3) is 0 Å². The molecule has 2 aliphatic rings. The second-order valence-electron chi connectivity index (χ2n) is 8.45. The molecule has 1 unspecified atom stereocenters. The molecule has 30 heavy (non-hydrogen) atoms. The molecule has 0 N–H and O–H groups in total. The molecule has 2 aliphatic carbocycles. The number of halogens is 8. The van der Waals surface area contributed by atoms with Crippen LogP contribution in [0.5, 0.6) is 0 Å². The summed E-state index contributed by atoms with van der Waals surface area (Å²) in [5, 5.41) is 0. The zero-order valence-corrected chi connectivity index (χ0v) is 20.2. The predicted molar refractivity (Wildman–Crippen MR) is 114 cm³/mol. The fraction of sp³-hybridized carbons (Fsp3) is 0.455. The van der Waals surface area contributed by atoms with Gasteiger partial charge in [-0.1, -0.05) is 42.8 Å². The van der Waals surface area contributed by atoms with Crippen molar-refractivity contribution in [3.05, 3.63) is 68.3 Å². The summed E-state index contributed by atoms with van der Waals surface area (Å²) >= 11 is 6.67. The summed E-state index contributed by atoms with van der Waals surface area (Å²) in [5.74, 6) is -1.85. The molecule has 0 nitrogen and oxygen atoms in total. The molecule has 0 saturated heterocycles. The van der Waals surface area contributed by atoms with Crippen molar-refractivity contribution in [1.29, 1.82) is 0 Å². The lowest BCUT2D eigenvalue weighted by molar-refractivity contribution is -0.109. The average molecular weight is 559 g/mol. The maximum absolute atomic E-state index is 13.8. The number of alkyl halides is 7. The molecule has 0 spiro atoms. The Labute approximate surface area is 189 Å². The predicted octanol–water partition coefficient (Wildman–Crippen LogP) is 8.69. The van der Waals surface area contributed by atoms with Crippen LogP contribution in [0.15, 0.2) is 62.4 Å². The van der Waals surface area contributed by atoms with Crippen molar-refractivity contribution < 1.29 is 26.3 Å². The molecule has 8 heteroatoms. The van der Waals surface area contributed by atoms with E-state index in [0.717, 1.165) is 17.7 Å². The van der Waals surface area contributed by atoms with Crippen LogP contribution < -0.4 is 0 Å². The van der Waals surface area contributed by atoms with Crippen molar-refractivity contribution >= 4 is 31.9 Å². The van der Waals surface area contributed by atoms with Crippen molar-refractivity contribution in [3.63, 3.8) is 0 Å². The van der Waals surface area contributed by atoms with E-state index in [-0.39, 0.29) is 16.6 Å². The first-order valence-corrected chi connectivity index (χ1v) is 10.8. The fourth-order valence-corrected chi connectivity index (χ4v) is 4.49. The van der Waals surface area contributed by atoms with Crippen LogP contribution in [-0.2, 0) is 0 Å². The van der Waals surface area contributed by atoms with E-state index in [4.69, 9.17) is 0 Å². The minimum absolute atomic E-state index is 0.0336. The van der Waals surface area contributed by atoms with Gasteiger partial charge in [0, 0.05) is 33.9 Å². The molecule has 0 aliphatic heterocycles. The van der Waals surface area contributed by atoms with Crippen LogP contribution in [0, 0.1) is 17.3 Å². The van der Waals surface area contributed by atoms with Gasteiger partial charge in [0.1, 0.15) is 0 Å². The second kappa shape index (κ2) is 8.44. The molecule has 0 amide bonds. The Morgan fingerprint density at radius 1 is 1.03 bits per heavy atom. The third-order valence-corrected chi connectivity index (χ3v) is 6.08.